The van der Waals surface area contributed by atoms with E-state index in [-0.39, 0.29) is 18.4 Å². The zero-order valence-corrected chi connectivity index (χ0v) is 26.7. The Hall–Kier alpha value is -4.77. The molecule has 0 spiro atoms. The fourth-order valence-corrected chi connectivity index (χ4v) is 6.98. The van der Waals surface area contributed by atoms with Crippen molar-refractivity contribution in [1.82, 2.24) is 15.5 Å². The Bertz CT molecular complexity index is 1750. The predicted molar refractivity (Wildman–Crippen MR) is 175 cm³/mol. The number of carbonyl (C=O) groups is 2. The van der Waals surface area contributed by atoms with E-state index in [4.69, 9.17) is 4.74 Å². The van der Waals surface area contributed by atoms with Crippen LogP contribution in [0.25, 0.3) is 11.1 Å². The number of rotatable bonds is 11. The molecule has 0 aromatic heterocycles. The van der Waals surface area contributed by atoms with E-state index in [2.05, 4.69) is 15.5 Å². The summed E-state index contributed by atoms with van der Waals surface area (Å²) in [7, 11) is 0. The lowest BCUT2D eigenvalue weighted by atomic mass is 9.73. The molecule has 0 atom stereocenters. The van der Waals surface area contributed by atoms with Gasteiger partial charge in [-0.2, -0.15) is 13.2 Å². The molecule has 0 unspecified atom stereocenters. The van der Waals surface area contributed by atoms with Gasteiger partial charge in [-0.1, -0.05) is 48.9 Å². The number of nitrogens with zero attached hydrogens (tertiary/aromatic N) is 1. The van der Waals surface area contributed by atoms with Crippen LogP contribution in [0, 0.1) is 11.6 Å². The number of para-hydroxylation sites is 2. The van der Waals surface area contributed by atoms with Crippen molar-refractivity contribution in [3.8, 4) is 22.6 Å². The van der Waals surface area contributed by atoms with Crippen molar-refractivity contribution < 1.29 is 36.3 Å². The van der Waals surface area contributed by atoms with Crippen molar-refractivity contribution in [2.75, 3.05) is 26.2 Å². The van der Waals surface area contributed by atoms with E-state index in [9.17, 15) is 31.5 Å². The molecule has 256 valence electrons. The number of nitrogens with one attached hydrogen (secondary N) is 2. The Morgan fingerprint density at radius 1 is 0.816 bits per heavy atom. The molecule has 6 nitrogen and oxygen atoms in total. The molecule has 2 N–H and O–H groups in total. The van der Waals surface area contributed by atoms with Crippen LogP contribution in [-0.4, -0.2) is 55.1 Å². The number of piperidine rings is 1. The molecule has 4 aromatic carbocycles. The van der Waals surface area contributed by atoms with E-state index >= 15 is 0 Å². The maximum atomic E-state index is 14.3. The zero-order valence-electron chi connectivity index (χ0n) is 26.7. The molecule has 1 saturated heterocycles. The summed E-state index contributed by atoms with van der Waals surface area (Å²) in [5.74, 6) is -1.15. The van der Waals surface area contributed by atoms with Gasteiger partial charge in [0.15, 0.2) is 0 Å². The molecule has 11 heteroatoms. The molecule has 0 bridgehead atoms. The quantitative estimate of drug-likeness (QED) is 0.126. The molecule has 4 aromatic rings. The molecular weight excluding hydrogens is 641 g/mol. The molecule has 0 saturated carbocycles. The number of hydrogen-bond donors (Lipinski definition) is 2. The second-order valence-electron chi connectivity index (χ2n) is 12.5. The summed E-state index contributed by atoms with van der Waals surface area (Å²) >= 11 is 0. The third-order valence-electron chi connectivity index (χ3n) is 9.31. The highest BCUT2D eigenvalue weighted by Gasteiger charge is 2.49. The van der Waals surface area contributed by atoms with E-state index < -0.39 is 35.7 Å². The van der Waals surface area contributed by atoms with E-state index in [0.29, 0.717) is 58.7 Å². The van der Waals surface area contributed by atoms with Crippen molar-refractivity contribution in [3.63, 3.8) is 0 Å². The van der Waals surface area contributed by atoms with Gasteiger partial charge in [0, 0.05) is 19.1 Å². The maximum Gasteiger partial charge on any atom is 0.405 e. The minimum atomic E-state index is -4.63. The highest BCUT2D eigenvalue weighted by atomic mass is 19.4. The van der Waals surface area contributed by atoms with Crippen LogP contribution >= 0.6 is 0 Å². The summed E-state index contributed by atoms with van der Waals surface area (Å²) in [5.41, 5.74) is 0.241. The number of benzene rings is 4. The van der Waals surface area contributed by atoms with Crippen LogP contribution < -0.4 is 15.4 Å². The first-order chi connectivity index (χ1) is 23.5. The van der Waals surface area contributed by atoms with Gasteiger partial charge in [0.2, 0.25) is 5.91 Å². The van der Waals surface area contributed by atoms with Crippen LogP contribution in [0.5, 0.6) is 11.5 Å². The van der Waals surface area contributed by atoms with Crippen molar-refractivity contribution in [3.05, 3.63) is 119 Å². The molecular formula is C38H36F5N3O3. The molecule has 1 fully saturated rings. The van der Waals surface area contributed by atoms with Crippen molar-refractivity contribution in [2.45, 2.75) is 49.7 Å². The van der Waals surface area contributed by atoms with E-state index in [1.54, 1.807) is 18.2 Å². The molecule has 2 amide bonds. The van der Waals surface area contributed by atoms with Gasteiger partial charge >= 0.3 is 6.18 Å². The average Bonchev–Trinajstić information content (AvgIpc) is 3.35. The number of hydrogen-bond acceptors (Lipinski definition) is 4. The third-order valence-corrected chi connectivity index (χ3v) is 9.31. The highest BCUT2D eigenvalue weighted by molar-refractivity contribution is 6.00. The molecule has 6 rings (SSSR count). The topological polar surface area (TPSA) is 70.7 Å². The number of unbranched alkanes of at least 4 members (excludes halogenated alkanes) is 1. The number of amides is 2. The number of likely N-dealkylation sites (tertiary alicyclic amines) is 1. The fraction of sp³-hybridized carbons (Fsp3) is 0.316. The highest BCUT2D eigenvalue weighted by Crippen LogP contribution is 2.52. The van der Waals surface area contributed by atoms with Gasteiger partial charge in [0.1, 0.15) is 35.1 Å². The third kappa shape index (κ3) is 7.62. The van der Waals surface area contributed by atoms with Crippen LogP contribution in [0.4, 0.5) is 22.0 Å². The average molecular weight is 678 g/mol. The first-order valence-electron chi connectivity index (χ1n) is 16.3. The lowest BCUT2D eigenvalue weighted by Crippen LogP contribution is -2.47. The smallest absolute Gasteiger partial charge is 0.405 e. The second kappa shape index (κ2) is 14.4. The van der Waals surface area contributed by atoms with Gasteiger partial charge in [-0.15, -0.1) is 0 Å². The summed E-state index contributed by atoms with van der Waals surface area (Å²) in [6.07, 6.45) is -1.89. The summed E-state index contributed by atoms with van der Waals surface area (Å²) in [6.45, 7) is 0.627. The largest absolute Gasteiger partial charge is 0.457 e. The fourth-order valence-electron chi connectivity index (χ4n) is 6.98. The summed E-state index contributed by atoms with van der Waals surface area (Å²) < 4.78 is 74.1. The van der Waals surface area contributed by atoms with Crippen LogP contribution in [0.1, 0.15) is 53.6 Å². The number of alkyl halides is 3. The van der Waals surface area contributed by atoms with Gasteiger partial charge < -0.3 is 20.3 Å². The number of carbonyl (C=O) groups excluding carboxylic acids is 2. The van der Waals surface area contributed by atoms with Gasteiger partial charge in [0.25, 0.3) is 5.91 Å². The standard InChI is InChI=1S/C38H36F5N3O3/c39-25-12-14-32-30(22-25)31-23-26(40)13-15-33(31)37(32,36(48)44-24-38(41,42)43)18-6-7-19-46-20-16-27(17-21-46)45-35(47)29-10-4-5-11-34(29)49-28-8-2-1-3-9-28/h1-5,8-15,22-23,27H,6-7,16-21,24H2,(H,44,48)(H,45,47). The zero-order chi connectivity index (χ0) is 34.6. The maximum absolute atomic E-state index is 14.3. The van der Waals surface area contributed by atoms with Gasteiger partial charge in [-0.3, -0.25) is 9.59 Å². The summed E-state index contributed by atoms with van der Waals surface area (Å²) in [6, 6.07) is 23.9. The normalized spacial score (nSPS) is 15.7. The monoisotopic (exact) mass is 677 g/mol. The van der Waals surface area contributed by atoms with Gasteiger partial charge in [-0.05, 0) is 103 Å². The first kappa shape index (κ1) is 34.1. The molecule has 1 heterocycles. The minimum Gasteiger partial charge on any atom is -0.457 e. The minimum absolute atomic E-state index is 0.0265. The van der Waals surface area contributed by atoms with Crippen LogP contribution in [0.3, 0.4) is 0 Å². The summed E-state index contributed by atoms with van der Waals surface area (Å²) in [5, 5.41) is 5.18. The lowest BCUT2D eigenvalue weighted by molar-refractivity contribution is -0.141. The molecule has 2 aliphatic rings. The van der Waals surface area contributed by atoms with Crippen molar-refractivity contribution >= 4 is 11.8 Å². The molecule has 49 heavy (non-hydrogen) atoms. The summed E-state index contributed by atoms with van der Waals surface area (Å²) in [4.78, 5) is 29.1. The second-order valence-corrected chi connectivity index (χ2v) is 12.5. The SMILES string of the molecule is O=C(NC1CCN(CCCCC2(C(=O)NCC(F)(F)F)c3ccc(F)cc3-c3cc(F)ccc32)CC1)c1ccccc1Oc1ccccc1. The van der Waals surface area contributed by atoms with Gasteiger partial charge in [0.05, 0.1) is 5.56 Å². The van der Waals surface area contributed by atoms with Crippen LogP contribution in [0.15, 0.2) is 91.0 Å². The number of fused-ring (bicyclic) bond motifs is 3. The Morgan fingerprint density at radius 2 is 1.43 bits per heavy atom. The van der Waals surface area contributed by atoms with E-state index in [1.807, 2.05) is 36.4 Å². The number of halogens is 5. The van der Waals surface area contributed by atoms with Gasteiger partial charge in [-0.25, -0.2) is 8.78 Å². The van der Waals surface area contributed by atoms with E-state index in [0.717, 1.165) is 25.9 Å². The first-order valence-corrected chi connectivity index (χ1v) is 16.3. The Morgan fingerprint density at radius 3 is 2.06 bits per heavy atom. The van der Waals surface area contributed by atoms with Crippen molar-refractivity contribution in [2.24, 2.45) is 0 Å². The van der Waals surface area contributed by atoms with Crippen LogP contribution in [-0.2, 0) is 10.2 Å². The predicted octanol–water partition coefficient (Wildman–Crippen LogP) is 7.77. The van der Waals surface area contributed by atoms with Crippen LogP contribution in [0.2, 0.25) is 0 Å². The number of ether oxygens (including phenoxy) is 1. The Kier molecular flexibility index (Phi) is 10.0. The molecule has 1 aliphatic heterocycles. The Labute approximate surface area is 281 Å². The molecule has 0 radical (unpaired) electrons. The lowest BCUT2D eigenvalue weighted by Gasteiger charge is -2.33. The Balaban J connectivity index is 1.07. The molecule has 1 aliphatic carbocycles. The van der Waals surface area contributed by atoms with Crippen molar-refractivity contribution in [1.29, 1.82) is 0 Å². The van der Waals surface area contributed by atoms with E-state index in [1.165, 1.54) is 36.4 Å².